The summed E-state index contributed by atoms with van der Waals surface area (Å²) in [7, 11) is 0. The first kappa shape index (κ1) is 12.5. The van der Waals surface area contributed by atoms with E-state index >= 15 is 0 Å². The highest BCUT2D eigenvalue weighted by molar-refractivity contribution is 5.91. The van der Waals surface area contributed by atoms with Crippen molar-refractivity contribution in [3.05, 3.63) is 12.0 Å². The van der Waals surface area contributed by atoms with E-state index in [9.17, 15) is 4.79 Å². The zero-order valence-corrected chi connectivity index (χ0v) is 8.61. The Morgan fingerprint density at radius 2 is 1.93 bits per heavy atom. The topological polar surface area (TPSA) is 68.1 Å². The second kappa shape index (κ2) is 6.94. The molecule has 0 bridgehead atoms. The van der Waals surface area contributed by atoms with Crippen LogP contribution < -0.4 is 0 Å². The fraction of sp³-hybridized carbons (Fsp3) is 0.556. The monoisotopic (exact) mass is 201 g/mol. The van der Waals surface area contributed by atoms with Gasteiger partial charge in [0.25, 0.3) is 0 Å². The van der Waals surface area contributed by atoms with Crippen LogP contribution in [0.1, 0.15) is 20.8 Å². The van der Waals surface area contributed by atoms with Gasteiger partial charge < -0.3 is 14.6 Å². The zero-order valence-electron chi connectivity index (χ0n) is 8.61. The number of rotatable bonds is 4. The van der Waals surface area contributed by atoms with Gasteiger partial charge in [0.15, 0.2) is 11.6 Å². The standard InChI is InChI=1S/C9H15NO4/c1-4-13-7(3)10-8(6-11)9(12)14-5-2/h6,11H,4-5H2,1-3H3/b8-6-,10-7?. The number of aliphatic imine (C=N–C) groups is 1. The minimum absolute atomic E-state index is 0.169. The molecule has 5 heteroatoms. The van der Waals surface area contributed by atoms with Crippen LogP contribution in [0.25, 0.3) is 0 Å². The molecule has 0 fully saturated rings. The lowest BCUT2D eigenvalue weighted by Gasteiger charge is -2.03. The summed E-state index contributed by atoms with van der Waals surface area (Å²) in [6.07, 6.45) is 0.598. The van der Waals surface area contributed by atoms with Crippen molar-refractivity contribution in [3.8, 4) is 0 Å². The highest BCUT2D eigenvalue weighted by Gasteiger charge is 2.09. The summed E-state index contributed by atoms with van der Waals surface area (Å²) >= 11 is 0. The van der Waals surface area contributed by atoms with Gasteiger partial charge in [-0.25, -0.2) is 9.79 Å². The van der Waals surface area contributed by atoms with Gasteiger partial charge in [0.1, 0.15) is 6.26 Å². The molecule has 0 aromatic carbocycles. The lowest BCUT2D eigenvalue weighted by atomic mass is 10.5. The molecule has 0 heterocycles. The second-order valence-electron chi connectivity index (χ2n) is 2.30. The van der Waals surface area contributed by atoms with Crippen LogP contribution in [-0.2, 0) is 14.3 Å². The summed E-state index contributed by atoms with van der Waals surface area (Å²) in [6, 6.07) is 0. The van der Waals surface area contributed by atoms with Gasteiger partial charge in [-0.15, -0.1) is 0 Å². The Bertz CT molecular complexity index is 245. The molecule has 0 atom stereocenters. The summed E-state index contributed by atoms with van der Waals surface area (Å²) in [5.41, 5.74) is -0.169. The second-order valence-corrected chi connectivity index (χ2v) is 2.30. The largest absolute Gasteiger partial charge is 0.513 e. The van der Waals surface area contributed by atoms with Crippen molar-refractivity contribution in [3.63, 3.8) is 0 Å². The van der Waals surface area contributed by atoms with Crippen molar-refractivity contribution in [1.82, 2.24) is 0 Å². The number of ether oxygens (including phenoxy) is 2. The van der Waals surface area contributed by atoms with Gasteiger partial charge in [-0.05, 0) is 13.8 Å². The van der Waals surface area contributed by atoms with Crippen LogP contribution in [0.15, 0.2) is 17.0 Å². The number of aliphatic hydroxyl groups excluding tert-OH is 1. The third-order valence-corrected chi connectivity index (χ3v) is 1.24. The smallest absolute Gasteiger partial charge is 0.360 e. The molecule has 0 aliphatic carbocycles. The molecular weight excluding hydrogens is 186 g/mol. The third kappa shape index (κ3) is 4.49. The molecule has 0 saturated heterocycles. The highest BCUT2D eigenvalue weighted by atomic mass is 16.5. The predicted octanol–water partition coefficient (Wildman–Crippen LogP) is 1.40. The van der Waals surface area contributed by atoms with E-state index in [0.29, 0.717) is 18.8 Å². The lowest BCUT2D eigenvalue weighted by molar-refractivity contribution is -0.138. The van der Waals surface area contributed by atoms with E-state index in [0.717, 1.165) is 0 Å². The van der Waals surface area contributed by atoms with E-state index < -0.39 is 5.97 Å². The van der Waals surface area contributed by atoms with E-state index in [2.05, 4.69) is 9.73 Å². The van der Waals surface area contributed by atoms with Gasteiger partial charge >= 0.3 is 5.97 Å². The molecule has 5 nitrogen and oxygen atoms in total. The predicted molar refractivity (Wildman–Crippen MR) is 52.1 cm³/mol. The normalized spacial score (nSPS) is 12.5. The molecule has 14 heavy (non-hydrogen) atoms. The Kier molecular flexibility index (Phi) is 6.19. The Morgan fingerprint density at radius 1 is 1.36 bits per heavy atom. The van der Waals surface area contributed by atoms with Gasteiger partial charge in [0.05, 0.1) is 13.2 Å². The zero-order chi connectivity index (χ0) is 11.0. The molecule has 1 N–H and O–H groups in total. The Hall–Kier alpha value is -1.52. The number of aliphatic hydroxyl groups is 1. The number of hydrogen-bond acceptors (Lipinski definition) is 5. The van der Waals surface area contributed by atoms with Crippen LogP contribution in [0.2, 0.25) is 0 Å². The molecule has 0 saturated carbocycles. The maximum Gasteiger partial charge on any atom is 0.360 e. The number of esters is 1. The minimum atomic E-state index is -0.672. The summed E-state index contributed by atoms with van der Waals surface area (Å²) in [4.78, 5) is 14.8. The van der Waals surface area contributed by atoms with Crippen molar-refractivity contribution < 1.29 is 19.4 Å². The van der Waals surface area contributed by atoms with Crippen molar-refractivity contribution in [2.24, 2.45) is 4.99 Å². The van der Waals surface area contributed by atoms with Crippen molar-refractivity contribution in [2.45, 2.75) is 20.8 Å². The van der Waals surface area contributed by atoms with Crippen LogP contribution in [-0.4, -0.2) is 30.2 Å². The van der Waals surface area contributed by atoms with Crippen LogP contribution in [0.5, 0.6) is 0 Å². The summed E-state index contributed by atoms with van der Waals surface area (Å²) in [5.74, 6) is -0.366. The van der Waals surface area contributed by atoms with Gasteiger partial charge in [0.2, 0.25) is 0 Å². The van der Waals surface area contributed by atoms with Crippen LogP contribution in [0.4, 0.5) is 0 Å². The molecule has 0 unspecified atom stereocenters. The highest BCUT2D eigenvalue weighted by Crippen LogP contribution is 2.00. The maximum atomic E-state index is 11.1. The molecule has 0 radical (unpaired) electrons. The summed E-state index contributed by atoms with van der Waals surface area (Å²) in [6.45, 7) is 5.75. The first-order chi connectivity index (χ1) is 6.65. The molecule has 0 aliphatic heterocycles. The van der Waals surface area contributed by atoms with E-state index in [-0.39, 0.29) is 12.3 Å². The quantitative estimate of drug-likeness (QED) is 0.245. The van der Waals surface area contributed by atoms with Gasteiger partial charge in [-0.2, -0.15) is 0 Å². The third-order valence-electron chi connectivity index (χ3n) is 1.24. The Labute approximate surface area is 83.0 Å². The van der Waals surface area contributed by atoms with Gasteiger partial charge in [-0.3, -0.25) is 0 Å². The fourth-order valence-corrected chi connectivity index (χ4v) is 0.743. The molecule has 0 aromatic rings. The Balaban J connectivity index is 4.44. The molecule has 0 aliphatic rings. The van der Waals surface area contributed by atoms with Crippen LogP contribution in [0.3, 0.4) is 0 Å². The summed E-state index contributed by atoms with van der Waals surface area (Å²) in [5, 5.41) is 8.71. The first-order valence-corrected chi connectivity index (χ1v) is 4.35. The van der Waals surface area contributed by atoms with E-state index in [1.54, 1.807) is 20.8 Å². The van der Waals surface area contributed by atoms with Crippen LogP contribution >= 0.6 is 0 Å². The van der Waals surface area contributed by atoms with E-state index in [1.807, 2.05) is 0 Å². The van der Waals surface area contributed by atoms with E-state index in [1.165, 1.54) is 0 Å². The number of carbonyl (C=O) groups excluding carboxylic acids is 1. The van der Waals surface area contributed by atoms with Crippen molar-refractivity contribution in [2.75, 3.05) is 13.2 Å². The first-order valence-electron chi connectivity index (χ1n) is 4.35. The molecule has 0 spiro atoms. The Morgan fingerprint density at radius 3 is 2.36 bits per heavy atom. The SMILES string of the molecule is CCOC(=O)/C(=C/O)N=C(C)OCC. The average Bonchev–Trinajstić information content (AvgIpc) is 2.15. The van der Waals surface area contributed by atoms with Crippen molar-refractivity contribution in [1.29, 1.82) is 0 Å². The van der Waals surface area contributed by atoms with Gasteiger partial charge in [-0.1, -0.05) is 0 Å². The molecule has 0 amide bonds. The maximum absolute atomic E-state index is 11.1. The van der Waals surface area contributed by atoms with E-state index in [4.69, 9.17) is 9.84 Å². The number of nitrogens with zero attached hydrogens (tertiary/aromatic N) is 1. The molecule has 80 valence electrons. The van der Waals surface area contributed by atoms with Crippen molar-refractivity contribution >= 4 is 11.9 Å². The summed E-state index contributed by atoms with van der Waals surface area (Å²) < 4.78 is 9.64. The number of hydrogen-bond donors (Lipinski definition) is 1. The molecule has 0 rings (SSSR count). The molecular formula is C9H15NO4. The fourth-order valence-electron chi connectivity index (χ4n) is 0.743. The van der Waals surface area contributed by atoms with Crippen LogP contribution in [0, 0.1) is 0 Å². The molecule has 0 aromatic heterocycles. The minimum Gasteiger partial charge on any atom is -0.513 e. The lowest BCUT2D eigenvalue weighted by Crippen LogP contribution is -2.09. The number of carbonyl (C=O) groups is 1. The average molecular weight is 201 g/mol. The van der Waals surface area contributed by atoms with Gasteiger partial charge in [0, 0.05) is 6.92 Å².